The summed E-state index contributed by atoms with van der Waals surface area (Å²) in [6.07, 6.45) is 0. The quantitative estimate of drug-likeness (QED) is 0.268. The fourth-order valence-electron chi connectivity index (χ4n) is 2.08. The maximum absolute atomic E-state index is 13.1. The molecule has 0 atom stereocenters. The molecule has 0 aliphatic rings. The number of rotatable bonds is 8. The molecule has 0 aliphatic heterocycles. The van der Waals surface area contributed by atoms with E-state index >= 15 is 0 Å². The smallest absolute Gasteiger partial charge is 0.206 e. The number of hydrogen-bond acceptors (Lipinski definition) is 4. The standard InChI is InChI=1S/C16H12Br6O4S/c17-1-3-25-15-11(19)5-9(6-12(15)20)27(23,24)10-7-13(21)16(14(22)8-10)26-4-2-18/h5-8H,1-4H2. The molecule has 0 fully saturated rings. The Kier molecular flexibility index (Phi) is 9.63. The van der Waals surface area contributed by atoms with Gasteiger partial charge in [0.05, 0.1) is 40.9 Å². The first-order chi connectivity index (χ1) is 12.7. The Morgan fingerprint density at radius 1 is 0.667 bits per heavy atom. The van der Waals surface area contributed by atoms with Gasteiger partial charge in [-0.3, -0.25) is 0 Å². The van der Waals surface area contributed by atoms with Crippen molar-refractivity contribution in [2.24, 2.45) is 0 Å². The normalized spacial score (nSPS) is 11.5. The van der Waals surface area contributed by atoms with E-state index in [1.54, 1.807) is 0 Å². The van der Waals surface area contributed by atoms with Crippen LogP contribution in [0.15, 0.2) is 51.9 Å². The van der Waals surface area contributed by atoms with Gasteiger partial charge in [0.15, 0.2) is 0 Å². The Balaban J connectivity index is 2.47. The van der Waals surface area contributed by atoms with E-state index in [0.29, 0.717) is 53.3 Å². The zero-order chi connectivity index (χ0) is 20.2. The third-order valence-corrected chi connectivity index (χ3v) is 7.93. The molecular weight excluding hydrogens is 768 g/mol. The Morgan fingerprint density at radius 3 is 1.22 bits per heavy atom. The molecule has 27 heavy (non-hydrogen) atoms. The fourth-order valence-corrected chi connectivity index (χ4v) is 7.20. The SMILES string of the molecule is O=S(=O)(c1cc(Br)c(OCCBr)c(Br)c1)c1cc(Br)c(OCCBr)c(Br)c1. The van der Waals surface area contributed by atoms with Crippen LogP contribution in [0.4, 0.5) is 0 Å². The first-order valence-corrected chi connectivity index (χ1v) is 14.2. The highest BCUT2D eigenvalue weighted by atomic mass is 79.9. The van der Waals surface area contributed by atoms with Gasteiger partial charge in [-0.25, -0.2) is 8.42 Å². The van der Waals surface area contributed by atoms with Crippen LogP contribution < -0.4 is 9.47 Å². The highest BCUT2D eigenvalue weighted by molar-refractivity contribution is 9.11. The summed E-state index contributed by atoms with van der Waals surface area (Å²) in [5, 5.41) is 1.33. The van der Waals surface area contributed by atoms with Crippen molar-refractivity contribution in [3.8, 4) is 11.5 Å². The van der Waals surface area contributed by atoms with Crippen LogP contribution in [-0.4, -0.2) is 32.3 Å². The fraction of sp³-hybridized carbons (Fsp3) is 0.250. The maximum atomic E-state index is 13.1. The third-order valence-electron chi connectivity index (χ3n) is 3.21. The van der Waals surface area contributed by atoms with Gasteiger partial charge >= 0.3 is 0 Å². The topological polar surface area (TPSA) is 52.6 Å². The van der Waals surface area contributed by atoms with Crippen molar-refractivity contribution in [3.05, 3.63) is 42.2 Å². The monoisotopic (exact) mass is 774 g/mol. The summed E-state index contributed by atoms with van der Waals surface area (Å²) >= 11 is 20.1. The molecule has 0 saturated carbocycles. The van der Waals surface area contributed by atoms with Gasteiger partial charge in [-0.1, -0.05) is 31.9 Å². The molecule has 0 bridgehead atoms. The van der Waals surface area contributed by atoms with E-state index in [2.05, 4.69) is 95.6 Å². The predicted octanol–water partition coefficient (Wildman–Crippen LogP) is 7.12. The van der Waals surface area contributed by atoms with Crippen LogP contribution in [0.25, 0.3) is 0 Å². The first-order valence-electron chi connectivity index (χ1n) is 7.33. The molecule has 0 amide bonds. The summed E-state index contributed by atoms with van der Waals surface area (Å²) in [5.41, 5.74) is 0. The molecule has 4 nitrogen and oxygen atoms in total. The highest BCUT2D eigenvalue weighted by Crippen LogP contribution is 2.40. The van der Waals surface area contributed by atoms with Gasteiger partial charge in [-0.15, -0.1) is 0 Å². The maximum Gasteiger partial charge on any atom is 0.206 e. The number of sulfone groups is 1. The second-order valence-electron chi connectivity index (χ2n) is 5.01. The van der Waals surface area contributed by atoms with Gasteiger partial charge in [0.1, 0.15) is 11.5 Å². The van der Waals surface area contributed by atoms with Crippen LogP contribution in [0.2, 0.25) is 0 Å². The Labute approximate surface area is 208 Å². The molecule has 0 heterocycles. The van der Waals surface area contributed by atoms with Gasteiger partial charge in [-0.2, -0.15) is 0 Å². The van der Waals surface area contributed by atoms with Gasteiger partial charge in [0.25, 0.3) is 0 Å². The molecule has 0 radical (unpaired) electrons. The highest BCUT2D eigenvalue weighted by Gasteiger charge is 2.23. The van der Waals surface area contributed by atoms with Crippen LogP contribution in [0.5, 0.6) is 11.5 Å². The molecule has 0 aromatic heterocycles. The molecule has 0 unspecified atom stereocenters. The molecule has 2 aromatic carbocycles. The van der Waals surface area contributed by atoms with Crippen molar-refractivity contribution in [1.29, 1.82) is 0 Å². The second kappa shape index (κ2) is 10.8. The second-order valence-corrected chi connectivity index (χ2v) is 12.0. The van der Waals surface area contributed by atoms with Gasteiger partial charge in [0.2, 0.25) is 9.84 Å². The van der Waals surface area contributed by atoms with Crippen LogP contribution >= 0.6 is 95.6 Å². The van der Waals surface area contributed by atoms with Crippen molar-refractivity contribution >= 4 is 105 Å². The lowest BCUT2D eigenvalue weighted by atomic mass is 10.3. The van der Waals surface area contributed by atoms with Crippen LogP contribution in [-0.2, 0) is 9.84 Å². The van der Waals surface area contributed by atoms with E-state index in [-0.39, 0.29) is 9.79 Å². The van der Waals surface area contributed by atoms with Crippen molar-refractivity contribution < 1.29 is 17.9 Å². The van der Waals surface area contributed by atoms with Crippen molar-refractivity contribution in [1.82, 2.24) is 0 Å². The van der Waals surface area contributed by atoms with E-state index in [1.807, 2.05) is 0 Å². The number of halogens is 6. The zero-order valence-corrected chi connectivity index (χ0v) is 23.8. The van der Waals surface area contributed by atoms with Crippen LogP contribution in [0.1, 0.15) is 0 Å². The minimum absolute atomic E-state index is 0.139. The molecule has 2 aromatic rings. The summed E-state index contributed by atoms with van der Waals surface area (Å²) in [7, 11) is -3.75. The average Bonchev–Trinajstić information content (AvgIpc) is 2.60. The first kappa shape index (κ1) is 24.1. The predicted molar refractivity (Wildman–Crippen MR) is 128 cm³/mol. The molecule has 0 saturated heterocycles. The van der Waals surface area contributed by atoms with Gasteiger partial charge < -0.3 is 9.47 Å². The summed E-state index contributed by atoms with van der Waals surface area (Å²) in [5.74, 6) is 1.10. The molecule has 11 heteroatoms. The van der Waals surface area contributed by atoms with Crippen molar-refractivity contribution in [2.45, 2.75) is 9.79 Å². The number of alkyl halides is 2. The average molecular weight is 780 g/mol. The summed E-state index contributed by atoms with van der Waals surface area (Å²) < 4.78 is 39.6. The van der Waals surface area contributed by atoms with E-state index in [1.165, 1.54) is 24.3 Å². The van der Waals surface area contributed by atoms with E-state index < -0.39 is 9.84 Å². The Bertz CT molecular complexity index is 817. The summed E-state index contributed by atoms with van der Waals surface area (Å²) in [6.45, 7) is 0.915. The Hall–Kier alpha value is 0.870. The molecule has 0 aliphatic carbocycles. The van der Waals surface area contributed by atoms with Crippen molar-refractivity contribution in [3.63, 3.8) is 0 Å². The molecule has 148 valence electrons. The largest absolute Gasteiger partial charge is 0.490 e. The third kappa shape index (κ3) is 5.95. The van der Waals surface area contributed by atoms with Crippen molar-refractivity contribution in [2.75, 3.05) is 23.9 Å². The number of benzene rings is 2. The van der Waals surface area contributed by atoms with E-state index in [0.717, 1.165) is 0 Å². The minimum atomic E-state index is -3.75. The van der Waals surface area contributed by atoms with E-state index in [9.17, 15) is 8.42 Å². The van der Waals surface area contributed by atoms with Gasteiger partial charge in [0, 0.05) is 10.7 Å². The Morgan fingerprint density at radius 2 is 0.963 bits per heavy atom. The minimum Gasteiger partial charge on any atom is -0.490 e. The van der Waals surface area contributed by atoms with E-state index in [4.69, 9.17) is 9.47 Å². The number of ether oxygens (including phenoxy) is 2. The number of hydrogen-bond donors (Lipinski definition) is 0. The molecule has 2 rings (SSSR count). The van der Waals surface area contributed by atoms with Gasteiger partial charge in [-0.05, 0) is 88.0 Å². The molecular formula is C16H12Br6O4S. The van der Waals surface area contributed by atoms with Crippen LogP contribution in [0.3, 0.4) is 0 Å². The summed E-state index contributed by atoms with van der Waals surface area (Å²) in [4.78, 5) is 0.278. The van der Waals surface area contributed by atoms with Crippen LogP contribution in [0, 0.1) is 0 Å². The molecule has 0 N–H and O–H groups in total. The summed E-state index contributed by atoms with van der Waals surface area (Å²) in [6, 6.07) is 6.11. The molecule has 0 spiro atoms. The lowest BCUT2D eigenvalue weighted by molar-refractivity contribution is 0.340. The lowest BCUT2D eigenvalue weighted by Gasteiger charge is -2.14. The lowest BCUT2D eigenvalue weighted by Crippen LogP contribution is -2.06. The zero-order valence-electron chi connectivity index (χ0n) is 13.4.